The lowest BCUT2D eigenvalue weighted by Crippen LogP contribution is -2.14. The molecule has 0 saturated heterocycles. The van der Waals surface area contributed by atoms with E-state index in [1.807, 2.05) is 0 Å². The van der Waals surface area contributed by atoms with Crippen molar-refractivity contribution in [2.24, 2.45) is 0 Å². The third-order valence-corrected chi connectivity index (χ3v) is 3.70. The summed E-state index contributed by atoms with van der Waals surface area (Å²) in [4.78, 5) is 33.9. The van der Waals surface area contributed by atoms with Crippen LogP contribution in [0.2, 0.25) is 5.02 Å². The molecule has 0 spiro atoms. The van der Waals surface area contributed by atoms with Gasteiger partial charge in [0.15, 0.2) is 0 Å². The number of anilines is 1. The quantitative estimate of drug-likeness (QED) is 0.476. The fourth-order valence-electron chi connectivity index (χ4n) is 2.00. The Balaban J connectivity index is 2.11. The van der Waals surface area contributed by atoms with Crippen molar-refractivity contribution >= 4 is 34.9 Å². The second-order valence-corrected chi connectivity index (χ2v) is 5.46. The van der Waals surface area contributed by atoms with Crippen LogP contribution in [0.15, 0.2) is 42.5 Å². The third-order valence-electron chi connectivity index (χ3n) is 3.35. The molecule has 0 aliphatic carbocycles. The Hall–Kier alpha value is -2.93. The van der Waals surface area contributed by atoms with Gasteiger partial charge in [-0.3, -0.25) is 14.9 Å². The monoisotopic (exact) mass is 362 g/mol. The minimum absolute atomic E-state index is 0.134. The average molecular weight is 363 g/mol. The molecule has 1 N–H and O–H groups in total. The van der Waals surface area contributed by atoms with E-state index in [1.54, 1.807) is 25.1 Å². The summed E-state index contributed by atoms with van der Waals surface area (Å²) in [6.45, 7) is 1.55. The number of para-hydroxylation sites is 1. The molecular weight excluding hydrogens is 348 g/mol. The maximum atomic E-state index is 12.3. The maximum Gasteiger partial charge on any atom is 0.340 e. The molecule has 0 fully saturated rings. The van der Waals surface area contributed by atoms with Crippen molar-refractivity contribution in [2.75, 3.05) is 5.32 Å². The number of carbonyl (C=O) groups is 2. The SMILES string of the molecule is CCC(=O)Nc1ccccc1C(=O)OCc1ccc([N+](=O)[O-])cc1Cl. The number of nitrogens with zero attached hydrogens (tertiary/aromatic N) is 1. The van der Waals surface area contributed by atoms with Crippen molar-refractivity contribution in [3.8, 4) is 0 Å². The van der Waals surface area contributed by atoms with Crippen LogP contribution in [0.5, 0.6) is 0 Å². The summed E-state index contributed by atoms with van der Waals surface area (Å²) in [7, 11) is 0. The third kappa shape index (κ3) is 4.77. The number of hydrogen-bond donors (Lipinski definition) is 1. The number of non-ortho nitro benzene ring substituents is 1. The standard InChI is InChI=1S/C17H15ClN2O5/c1-2-16(21)19-15-6-4-3-5-13(15)17(22)25-10-11-7-8-12(20(23)24)9-14(11)18/h3-9H,2,10H2,1H3,(H,19,21). The molecule has 0 aliphatic rings. The first-order valence-corrected chi connectivity index (χ1v) is 7.79. The summed E-state index contributed by atoms with van der Waals surface area (Å²) in [6.07, 6.45) is 0.280. The van der Waals surface area contributed by atoms with Gasteiger partial charge in [-0.1, -0.05) is 30.7 Å². The Morgan fingerprint density at radius 2 is 1.96 bits per heavy atom. The molecule has 0 radical (unpaired) electrons. The van der Waals surface area contributed by atoms with Gasteiger partial charge in [-0.15, -0.1) is 0 Å². The van der Waals surface area contributed by atoms with Crippen LogP contribution in [0, 0.1) is 10.1 Å². The van der Waals surface area contributed by atoms with Gasteiger partial charge in [-0.05, 0) is 18.2 Å². The van der Waals surface area contributed by atoms with Crippen LogP contribution in [-0.4, -0.2) is 16.8 Å². The summed E-state index contributed by atoms with van der Waals surface area (Å²) in [5.41, 5.74) is 0.861. The van der Waals surface area contributed by atoms with E-state index in [9.17, 15) is 19.7 Å². The molecule has 0 aliphatic heterocycles. The number of ether oxygens (including phenoxy) is 1. The Morgan fingerprint density at radius 1 is 1.24 bits per heavy atom. The minimum Gasteiger partial charge on any atom is -0.457 e. The minimum atomic E-state index is -0.638. The molecule has 8 heteroatoms. The summed E-state index contributed by atoms with van der Waals surface area (Å²) in [6, 6.07) is 10.4. The maximum absolute atomic E-state index is 12.3. The number of benzene rings is 2. The van der Waals surface area contributed by atoms with E-state index in [0.29, 0.717) is 11.3 Å². The van der Waals surface area contributed by atoms with Gasteiger partial charge < -0.3 is 10.1 Å². The van der Waals surface area contributed by atoms with Crippen LogP contribution in [-0.2, 0) is 16.1 Å². The highest BCUT2D eigenvalue weighted by Crippen LogP contribution is 2.24. The van der Waals surface area contributed by atoms with Crippen molar-refractivity contribution in [3.63, 3.8) is 0 Å². The number of nitrogens with one attached hydrogen (secondary N) is 1. The molecule has 0 heterocycles. The van der Waals surface area contributed by atoms with Crippen molar-refractivity contribution in [2.45, 2.75) is 20.0 Å². The molecule has 2 rings (SSSR count). The van der Waals surface area contributed by atoms with Gasteiger partial charge in [0.05, 0.1) is 21.2 Å². The van der Waals surface area contributed by atoms with E-state index >= 15 is 0 Å². The number of esters is 1. The van der Waals surface area contributed by atoms with Crippen LogP contribution in [0.1, 0.15) is 29.3 Å². The molecule has 25 heavy (non-hydrogen) atoms. The van der Waals surface area contributed by atoms with Crippen molar-refractivity contribution in [1.82, 2.24) is 0 Å². The molecule has 2 aromatic rings. The first kappa shape index (κ1) is 18.4. The molecule has 130 valence electrons. The fraction of sp³-hybridized carbons (Fsp3) is 0.176. The van der Waals surface area contributed by atoms with Crippen molar-refractivity contribution in [3.05, 3.63) is 68.7 Å². The highest BCUT2D eigenvalue weighted by atomic mass is 35.5. The zero-order chi connectivity index (χ0) is 18.4. The molecule has 0 aromatic heterocycles. The van der Waals surface area contributed by atoms with Crippen LogP contribution in [0.4, 0.5) is 11.4 Å². The van der Waals surface area contributed by atoms with Crippen molar-refractivity contribution < 1.29 is 19.2 Å². The van der Waals surface area contributed by atoms with Gasteiger partial charge in [0.25, 0.3) is 5.69 Å². The Kier molecular flexibility index (Phi) is 6.08. The van der Waals surface area contributed by atoms with Gasteiger partial charge in [0, 0.05) is 24.1 Å². The lowest BCUT2D eigenvalue weighted by molar-refractivity contribution is -0.384. The smallest absolute Gasteiger partial charge is 0.340 e. The summed E-state index contributed by atoms with van der Waals surface area (Å²) < 4.78 is 5.21. The van der Waals surface area contributed by atoms with Crippen LogP contribution in [0.25, 0.3) is 0 Å². The average Bonchev–Trinajstić information content (AvgIpc) is 2.60. The summed E-state index contributed by atoms with van der Waals surface area (Å²) in [5, 5.41) is 13.5. The van der Waals surface area contributed by atoms with E-state index in [2.05, 4.69) is 5.32 Å². The van der Waals surface area contributed by atoms with Gasteiger partial charge in [0.1, 0.15) is 6.61 Å². The molecule has 0 atom stereocenters. The largest absolute Gasteiger partial charge is 0.457 e. The molecular formula is C17H15ClN2O5. The number of hydrogen-bond acceptors (Lipinski definition) is 5. The van der Waals surface area contributed by atoms with E-state index in [0.717, 1.165) is 0 Å². The van der Waals surface area contributed by atoms with Gasteiger partial charge in [0.2, 0.25) is 5.91 Å². The fourth-order valence-corrected chi connectivity index (χ4v) is 2.23. The number of nitro groups is 1. The second kappa shape index (κ2) is 8.25. The highest BCUT2D eigenvalue weighted by molar-refractivity contribution is 6.31. The molecule has 0 saturated carbocycles. The highest BCUT2D eigenvalue weighted by Gasteiger charge is 2.15. The Bertz CT molecular complexity index is 822. The molecule has 7 nitrogen and oxygen atoms in total. The Morgan fingerprint density at radius 3 is 2.60 bits per heavy atom. The van der Waals surface area contributed by atoms with E-state index in [4.69, 9.17) is 16.3 Å². The number of carbonyl (C=O) groups excluding carboxylic acids is 2. The van der Waals surface area contributed by atoms with E-state index < -0.39 is 10.9 Å². The lowest BCUT2D eigenvalue weighted by atomic mass is 10.1. The molecule has 1 amide bonds. The summed E-state index contributed by atoms with van der Waals surface area (Å²) >= 11 is 5.97. The molecule has 0 unspecified atom stereocenters. The summed E-state index contributed by atoms with van der Waals surface area (Å²) in [5.74, 6) is -0.861. The predicted molar refractivity (Wildman–Crippen MR) is 92.6 cm³/mol. The topological polar surface area (TPSA) is 98.5 Å². The van der Waals surface area contributed by atoms with Crippen molar-refractivity contribution in [1.29, 1.82) is 0 Å². The number of rotatable bonds is 6. The normalized spacial score (nSPS) is 10.2. The van der Waals surface area contributed by atoms with Crippen LogP contribution < -0.4 is 5.32 Å². The number of amides is 1. The first-order chi connectivity index (χ1) is 11.9. The first-order valence-electron chi connectivity index (χ1n) is 7.41. The zero-order valence-corrected chi connectivity index (χ0v) is 14.1. The second-order valence-electron chi connectivity index (χ2n) is 5.06. The Labute approximate surface area is 148 Å². The van der Waals surface area contributed by atoms with Gasteiger partial charge >= 0.3 is 5.97 Å². The van der Waals surface area contributed by atoms with Crippen LogP contribution >= 0.6 is 11.6 Å². The van der Waals surface area contributed by atoms with E-state index in [1.165, 1.54) is 24.3 Å². The number of halogens is 1. The number of nitro benzene ring substituents is 1. The lowest BCUT2D eigenvalue weighted by Gasteiger charge is -2.11. The van der Waals surface area contributed by atoms with Crippen LogP contribution in [0.3, 0.4) is 0 Å². The van der Waals surface area contributed by atoms with E-state index in [-0.39, 0.29) is 35.2 Å². The van der Waals surface area contributed by atoms with Gasteiger partial charge in [-0.25, -0.2) is 4.79 Å². The molecule has 2 aromatic carbocycles. The molecule has 0 bridgehead atoms. The zero-order valence-electron chi connectivity index (χ0n) is 13.3. The predicted octanol–water partition coefficient (Wildman–Crippen LogP) is 3.95. The van der Waals surface area contributed by atoms with Gasteiger partial charge in [-0.2, -0.15) is 0 Å².